The number of benzene rings is 1. The first kappa shape index (κ1) is 11.7. The Hall–Kier alpha value is -1.81. The van der Waals surface area contributed by atoms with Crippen LogP contribution in [0.5, 0.6) is 0 Å². The fraction of sp³-hybridized carbons (Fsp3) is 0.0833. The van der Waals surface area contributed by atoms with Crippen LogP contribution in [0.1, 0.15) is 10.6 Å². The van der Waals surface area contributed by atoms with Crippen LogP contribution in [-0.2, 0) is 4.74 Å². The van der Waals surface area contributed by atoms with Gasteiger partial charge in [0.15, 0.2) is 0 Å². The summed E-state index contributed by atoms with van der Waals surface area (Å²) in [7, 11) is 1.26. The Balaban J connectivity index is 2.37. The van der Waals surface area contributed by atoms with E-state index in [0.717, 1.165) is 0 Å². The third-order valence-electron chi connectivity index (χ3n) is 2.20. The molecular formula is C12H8ClFO3. The van der Waals surface area contributed by atoms with Crippen LogP contribution in [0.4, 0.5) is 4.39 Å². The fourth-order valence-corrected chi connectivity index (χ4v) is 1.53. The molecule has 0 aliphatic heterocycles. The zero-order valence-corrected chi connectivity index (χ0v) is 9.62. The van der Waals surface area contributed by atoms with Gasteiger partial charge in [0.1, 0.15) is 11.6 Å². The Morgan fingerprint density at radius 1 is 1.35 bits per heavy atom. The van der Waals surface area contributed by atoms with E-state index >= 15 is 0 Å². The summed E-state index contributed by atoms with van der Waals surface area (Å²) in [5.74, 6) is -0.560. The molecule has 5 heteroatoms. The Labute approximate surface area is 102 Å². The number of hydrogen-bond acceptors (Lipinski definition) is 3. The zero-order chi connectivity index (χ0) is 12.4. The Morgan fingerprint density at radius 2 is 2.12 bits per heavy atom. The SMILES string of the molecule is COC(=O)c1ccc(-c2ccc(F)c(Cl)c2)o1. The maximum absolute atomic E-state index is 13.0. The van der Waals surface area contributed by atoms with Gasteiger partial charge in [-0.2, -0.15) is 0 Å². The molecule has 0 atom stereocenters. The van der Waals surface area contributed by atoms with Gasteiger partial charge < -0.3 is 9.15 Å². The van der Waals surface area contributed by atoms with Gasteiger partial charge in [0.05, 0.1) is 12.1 Å². The van der Waals surface area contributed by atoms with Crippen molar-refractivity contribution in [3.8, 4) is 11.3 Å². The number of furan rings is 1. The number of halogens is 2. The van der Waals surface area contributed by atoms with Crippen LogP contribution in [0.15, 0.2) is 34.7 Å². The molecule has 3 nitrogen and oxygen atoms in total. The lowest BCUT2D eigenvalue weighted by atomic mass is 10.2. The normalized spacial score (nSPS) is 10.3. The van der Waals surface area contributed by atoms with Crippen LogP contribution >= 0.6 is 11.6 Å². The van der Waals surface area contributed by atoms with Gasteiger partial charge in [0.2, 0.25) is 5.76 Å². The highest BCUT2D eigenvalue weighted by molar-refractivity contribution is 6.31. The molecule has 0 spiro atoms. The van der Waals surface area contributed by atoms with E-state index in [1.807, 2.05) is 0 Å². The molecule has 1 heterocycles. The van der Waals surface area contributed by atoms with Crippen LogP contribution < -0.4 is 0 Å². The second-order valence-corrected chi connectivity index (χ2v) is 3.69. The van der Waals surface area contributed by atoms with E-state index in [2.05, 4.69) is 4.74 Å². The van der Waals surface area contributed by atoms with E-state index in [1.54, 1.807) is 6.07 Å². The zero-order valence-electron chi connectivity index (χ0n) is 8.87. The highest BCUT2D eigenvalue weighted by Gasteiger charge is 2.12. The van der Waals surface area contributed by atoms with Crippen LogP contribution in [0.3, 0.4) is 0 Å². The van der Waals surface area contributed by atoms with E-state index in [4.69, 9.17) is 16.0 Å². The molecule has 0 aliphatic rings. The maximum atomic E-state index is 13.0. The summed E-state index contributed by atoms with van der Waals surface area (Å²) in [5, 5.41) is -0.00137. The minimum absolute atomic E-state index is 0.00137. The molecule has 0 bridgehead atoms. The molecule has 0 radical (unpaired) electrons. The smallest absolute Gasteiger partial charge is 0.373 e. The van der Waals surface area contributed by atoms with Gasteiger partial charge in [-0.3, -0.25) is 0 Å². The average Bonchev–Trinajstić information content (AvgIpc) is 2.81. The van der Waals surface area contributed by atoms with Crippen LogP contribution in [0.2, 0.25) is 5.02 Å². The molecular weight excluding hydrogens is 247 g/mol. The lowest BCUT2D eigenvalue weighted by molar-refractivity contribution is 0.0566. The van der Waals surface area contributed by atoms with E-state index in [0.29, 0.717) is 11.3 Å². The average molecular weight is 255 g/mol. The number of ether oxygens (including phenoxy) is 1. The largest absolute Gasteiger partial charge is 0.463 e. The Bertz CT molecular complexity index is 563. The number of rotatable bonds is 2. The lowest BCUT2D eigenvalue weighted by Gasteiger charge is -1.99. The van der Waals surface area contributed by atoms with E-state index < -0.39 is 11.8 Å². The van der Waals surface area contributed by atoms with Gasteiger partial charge in [-0.1, -0.05) is 11.6 Å². The van der Waals surface area contributed by atoms with Crippen molar-refractivity contribution in [1.29, 1.82) is 0 Å². The molecule has 2 aromatic rings. The second kappa shape index (κ2) is 4.59. The molecule has 0 saturated carbocycles. The van der Waals surface area contributed by atoms with Crippen LogP contribution in [0, 0.1) is 5.82 Å². The molecule has 1 aromatic heterocycles. The van der Waals surface area contributed by atoms with Crippen molar-refractivity contribution in [1.82, 2.24) is 0 Å². The summed E-state index contributed by atoms with van der Waals surface area (Å²) in [6, 6.07) is 7.25. The van der Waals surface area contributed by atoms with Crippen molar-refractivity contribution in [2.24, 2.45) is 0 Å². The molecule has 2 rings (SSSR count). The van der Waals surface area contributed by atoms with Gasteiger partial charge in [0.25, 0.3) is 0 Å². The first-order chi connectivity index (χ1) is 8.11. The van der Waals surface area contributed by atoms with Crippen molar-refractivity contribution in [2.75, 3.05) is 7.11 Å². The van der Waals surface area contributed by atoms with Crippen molar-refractivity contribution >= 4 is 17.6 Å². The van der Waals surface area contributed by atoms with Gasteiger partial charge in [-0.15, -0.1) is 0 Å². The molecule has 1 aromatic carbocycles. The molecule has 88 valence electrons. The minimum atomic E-state index is -0.565. The van der Waals surface area contributed by atoms with E-state index in [-0.39, 0.29) is 10.8 Å². The molecule has 17 heavy (non-hydrogen) atoms. The van der Waals surface area contributed by atoms with E-state index in [1.165, 1.54) is 31.4 Å². The first-order valence-electron chi connectivity index (χ1n) is 4.75. The monoisotopic (exact) mass is 254 g/mol. The predicted octanol–water partition coefficient (Wildman–Crippen LogP) is 3.53. The minimum Gasteiger partial charge on any atom is -0.463 e. The quantitative estimate of drug-likeness (QED) is 0.770. The molecule has 0 saturated heterocycles. The molecule has 0 amide bonds. The van der Waals surface area contributed by atoms with Crippen molar-refractivity contribution in [2.45, 2.75) is 0 Å². The number of esters is 1. The fourth-order valence-electron chi connectivity index (χ4n) is 1.35. The molecule has 0 aliphatic carbocycles. The molecule has 0 unspecified atom stereocenters. The lowest BCUT2D eigenvalue weighted by Crippen LogP contribution is -1.98. The third kappa shape index (κ3) is 2.31. The maximum Gasteiger partial charge on any atom is 0.373 e. The standard InChI is InChI=1S/C12H8ClFO3/c1-16-12(15)11-5-4-10(17-11)7-2-3-9(14)8(13)6-7/h2-6H,1H3. The first-order valence-corrected chi connectivity index (χ1v) is 5.13. The number of carbonyl (C=O) groups excluding carboxylic acids is 1. The third-order valence-corrected chi connectivity index (χ3v) is 2.49. The number of carbonyl (C=O) groups is 1. The summed E-state index contributed by atoms with van der Waals surface area (Å²) < 4.78 is 22.7. The number of hydrogen-bond donors (Lipinski definition) is 0. The van der Waals surface area contributed by atoms with Crippen molar-refractivity contribution in [3.63, 3.8) is 0 Å². The Kier molecular flexibility index (Phi) is 3.15. The second-order valence-electron chi connectivity index (χ2n) is 3.28. The summed E-state index contributed by atoms with van der Waals surface area (Å²) in [6.07, 6.45) is 0. The summed E-state index contributed by atoms with van der Waals surface area (Å²) in [5.41, 5.74) is 0.589. The topological polar surface area (TPSA) is 39.4 Å². The number of methoxy groups -OCH3 is 1. The van der Waals surface area contributed by atoms with Crippen LogP contribution in [-0.4, -0.2) is 13.1 Å². The van der Waals surface area contributed by atoms with Crippen molar-refractivity contribution < 1.29 is 18.3 Å². The summed E-state index contributed by atoms with van der Waals surface area (Å²) in [6.45, 7) is 0. The molecule has 0 N–H and O–H groups in total. The van der Waals surface area contributed by atoms with Crippen molar-refractivity contribution in [3.05, 3.63) is 46.9 Å². The van der Waals surface area contributed by atoms with Gasteiger partial charge in [-0.25, -0.2) is 9.18 Å². The van der Waals surface area contributed by atoms with Crippen LogP contribution in [0.25, 0.3) is 11.3 Å². The van der Waals surface area contributed by atoms with Gasteiger partial charge in [-0.05, 0) is 30.3 Å². The van der Waals surface area contributed by atoms with E-state index in [9.17, 15) is 9.18 Å². The summed E-state index contributed by atoms with van der Waals surface area (Å²) >= 11 is 5.65. The Morgan fingerprint density at radius 3 is 2.76 bits per heavy atom. The highest BCUT2D eigenvalue weighted by Crippen LogP contribution is 2.26. The van der Waals surface area contributed by atoms with Gasteiger partial charge in [0, 0.05) is 5.56 Å². The summed E-state index contributed by atoms with van der Waals surface area (Å²) in [4.78, 5) is 11.2. The molecule has 0 fully saturated rings. The highest BCUT2D eigenvalue weighted by atomic mass is 35.5. The predicted molar refractivity (Wildman–Crippen MR) is 60.5 cm³/mol. The van der Waals surface area contributed by atoms with Gasteiger partial charge >= 0.3 is 5.97 Å².